The average Bonchev–Trinajstić information content (AvgIpc) is 2.43. The van der Waals surface area contributed by atoms with Crippen molar-refractivity contribution in [3.63, 3.8) is 0 Å². The van der Waals surface area contributed by atoms with Gasteiger partial charge in [0.05, 0.1) is 0 Å². The number of thiol groups is 1. The summed E-state index contributed by atoms with van der Waals surface area (Å²) in [7, 11) is 0. The Hall–Kier alpha value is 0.350. The van der Waals surface area contributed by atoms with Gasteiger partial charge in [0.15, 0.2) is 0 Å². The number of hydrogen-bond acceptors (Lipinski definition) is 1. The molecule has 0 radical (unpaired) electrons. The first-order valence-electron chi connectivity index (χ1n) is 3.36. The Bertz CT molecular complexity index is 78.9. The van der Waals surface area contributed by atoms with E-state index in [4.69, 9.17) is 0 Å². The standard InChI is InChI=1S/C7H14S/c1-3-7(5-8)4-6(7)2/h6,8H,3-5H2,1-2H3. The van der Waals surface area contributed by atoms with Gasteiger partial charge in [-0.15, -0.1) is 0 Å². The van der Waals surface area contributed by atoms with Crippen LogP contribution in [0.5, 0.6) is 0 Å². The fourth-order valence-electron chi connectivity index (χ4n) is 1.38. The van der Waals surface area contributed by atoms with Crippen LogP contribution in [0.4, 0.5) is 0 Å². The molecular formula is C7H14S. The van der Waals surface area contributed by atoms with Gasteiger partial charge in [0, 0.05) is 0 Å². The van der Waals surface area contributed by atoms with E-state index in [2.05, 4.69) is 26.5 Å². The van der Waals surface area contributed by atoms with Crippen molar-refractivity contribution < 1.29 is 0 Å². The molecule has 1 heteroatoms. The largest absolute Gasteiger partial charge is 0.179 e. The highest BCUT2D eigenvalue weighted by Crippen LogP contribution is 2.55. The first-order chi connectivity index (χ1) is 3.75. The van der Waals surface area contributed by atoms with Gasteiger partial charge >= 0.3 is 0 Å². The molecule has 0 aliphatic heterocycles. The second-order valence-corrected chi connectivity index (χ2v) is 3.30. The quantitative estimate of drug-likeness (QED) is 0.545. The maximum absolute atomic E-state index is 4.30. The lowest BCUT2D eigenvalue weighted by Crippen LogP contribution is -2.01. The molecule has 2 atom stereocenters. The topological polar surface area (TPSA) is 0 Å². The van der Waals surface area contributed by atoms with Crippen LogP contribution in [0.3, 0.4) is 0 Å². The van der Waals surface area contributed by atoms with Crippen molar-refractivity contribution in [2.24, 2.45) is 11.3 Å². The lowest BCUT2D eigenvalue weighted by molar-refractivity contribution is 0.513. The van der Waals surface area contributed by atoms with E-state index in [0.717, 1.165) is 11.7 Å². The highest BCUT2D eigenvalue weighted by atomic mass is 32.1. The predicted octanol–water partition coefficient (Wildman–Crippen LogP) is 2.35. The molecule has 2 unspecified atom stereocenters. The minimum Gasteiger partial charge on any atom is -0.179 e. The molecule has 0 spiro atoms. The summed E-state index contributed by atoms with van der Waals surface area (Å²) in [5.74, 6) is 2.04. The zero-order chi connectivity index (χ0) is 6.20. The summed E-state index contributed by atoms with van der Waals surface area (Å²) in [5, 5.41) is 0. The fraction of sp³-hybridized carbons (Fsp3) is 1.00. The van der Waals surface area contributed by atoms with Crippen molar-refractivity contribution in [2.45, 2.75) is 26.7 Å². The summed E-state index contributed by atoms with van der Waals surface area (Å²) < 4.78 is 0. The Labute approximate surface area is 57.1 Å². The molecule has 0 nitrogen and oxygen atoms in total. The van der Waals surface area contributed by atoms with E-state index in [0.29, 0.717) is 5.41 Å². The Morgan fingerprint density at radius 3 is 2.25 bits per heavy atom. The summed E-state index contributed by atoms with van der Waals surface area (Å²) in [6.45, 7) is 4.58. The van der Waals surface area contributed by atoms with Gasteiger partial charge in [-0.1, -0.05) is 13.8 Å². The molecule has 8 heavy (non-hydrogen) atoms. The highest BCUT2D eigenvalue weighted by Gasteiger charge is 2.47. The molecule has 0 N–H and O–H groups in total. The maximum atomic E-state index is 4.30. The van der Waals surface area contributed by atoms with E-state index in [1.807, 2.05) is 0 Å². The van der Waals surface area contributed by atoms with E-state index in [-0.39, 0.29) is 0 Å². The van der Waals surface area contributed by atoms with Crippen LogP contribution in [0.2, 0.25) is 0 Å². The van der Waals surface area contributed by atoms with Gasteiger partial charge in [-0.2, -0.15) is 12.6 Å². The van der Waals surface area contributed by atoms with Crippen molar-refractivity contribution in [3.05, 3.63) is 0 Å². The van der Waals surface area contributed by atoms with E-state index in [9.17, 15) is 0 Å². The SMILES string of the molecule is CCC1(CS)CC1C. The molecule has 0 bridgehead atoms. The molecule has 1 saturated carbocycles. The molecule has 0 aromatic carbocycles. The van der Waals surface area contributed by atoms with Crippen molar-refractivity contribution in [3.8, 4) is 0 Å². The van der Waals surface area contributed by atoms with E-state index in [1.54, 1.807) is 0 Å². The third kappa shape index (κ3) is 0.771. The molecular weight excluding hydrogens is 116 g/mol. The molecule has 0 aromatic rings. The third-order valence-electron chi connectivity index (χ3n) is 2.62. The maximum Gasteiger partial charge on any atom is -0.00386 e. The molecule has 1 fully saturated rings. The average molecular weight is 130 g/mol. The third-order valence-corrected chi connectivity index (χ3v) is 3.25. The lowest BCUT2D eigenvalue weighted by Gasteiger charge is -2.07. The van der Waals surface area contributed by atoms with Gasteiger partial charge in [0.25, 0.3) is 0 Å². The minimum atomic E-state index is 0.656. The van der Waals surface area contributed by atoms with Crippen LogP contribution in [0.25, 0.3) is 0 Å². The summed E-state index contributed by atoms with van der Waals surface area (Å²) in [6.07, 6.45) is 2.73. The van der Waals surface area contributed by atoms with Crippen molar-refractivity contribution >= 4 is 12.6 Å². The highest BCUT2D eigenvalue weighted by molar-refractivity contribution is 7.80. The van der Waals surface area contributed by atoms with Crippen LogP contribution in [0.1, 0.15) is 26.7 Å². The molecule has 1 aliphatic carbocycles. The van der Waals surface area contributed by atoms with Crippen LogP contribution in [-0.4, -0.2) is 5.75 Å². The summed E-state index contributed by atoms with van der Waals surface area (Å²) >= 11 is 4.30. The van der Waals surface area contributed by atoms with Gasteiger partial charge < -0.3 is 0 Å². The normalized spacial score (nSPS) is 44.6. The first kappa shape index (κ1) is 6.47. The van der Waals surface area contributed by atoms with Gasteiger partial charge in [0.1, 0.15) is 0 Å². The zero-order valence-corrected chi connectivity index (χ0v) is 6.54. The summed E-state index contributed by atoms with van der Waals surface area (Å²) in [6, 6.07) is 0. The zero-order valence-electron chi connectivity index (χ0n) is 5.65. The van der Waals surface area contributed by atoms with Crippen LogP contribution >= 0.6 is 12.6 Å². The monoisotopic (exact) mass is 130 g/mol. The molecule has 1 aliphatic rings. The molecule has 0 amide bonds. The van der Waals surface area contributed by atoms with Gasteiger partial charge in [-0.05, 0) is 29.9 Å². The number of hydrogen-bond donors (Lipinski definition) is 1. The van der Waals surface area contributed by atoms with Crippen LogP contribution in [0, 0.1) is 11.3 Å². The van der Waals surface area contributed by atoms with Crippen LogP contribution in [-0.2, 0) is 0 Å². The molecule has 0 aromatic heterocycles. The summed E-state index contributed by atoms with van der Waals surface area (Å²) in [4.78, 5) is 0. The van der Waals surface area contributed by atoms with Crippen molar-refractivity contribution in [1.82, 2.24) is 0 Å². The van der Waals surface area contributed by atoms with Crippen molar-refractivity contribution in [1.29, 1.82) is 0 Å². The van der Waals surface area contributed by atoms with Gasteiger partial charge in [0.2, 0.25) is 0 Å². The smallest absolute Gasteiger partial charge is 0.00386 e. The molecule has 0 heterocycles. The Kier molecular flexibility index (Phi) is 1.57. The first-order valence-corrected chi connectivity index (χ1v) is 3.99. The number of rotatable bonds is 2. The molecule has 1 rings (SSSR count). The van der Waals surface area contributed by atoms with E-state index in [1.165, 1.54) is 12.8 Å². The van der Waals surface area contributed by atoms with Crippen molar-refractivity contribution in [2.75, 3.05) is 5.75 Å². The lowest BCUT2D eigenvalue weighted by atomic mass is 10.0. The second-order valence-electron chi connectivity index (χ2n) is 2.98. The van der Waals surface area contributed by atoms with E-state index >= 15 is 0 Å². The Balaban J connectivity index is 2.39. The Morgan fingerprint density at radius 1 is 1.75 bits per heavy atom. The van der Waals surface area contributed by atoms with Crippen LogP contribution < -0.4 is 0 Å². The summed E-state index contributed by atoms with van der Waals surface area (Å²) in [5.41, 5.74) is 0.656. The van der Waals surface area contributed by atoms with Gasteiger partial charge in [-0.3, -0.25) is 0 Å². The minimum absolute atomic E-state index is 0.656. The Morgan fingerprint density at radius 2 is 2.25 bits per heavy atom. The second kappa shape index (κ2) is 1.94. The molecule has 48 valence electrons. The van der Waals surface area contributed by atoms with E-state index < -0.39 is 0 Å². The van der Waals surface area contributed by atoms with Gasteiger partial charge in [-0.25, -0.2) is 0 Å². The van der Waals surface area contributed by atoms with Crippen LogP contribution in [0.15, 0.2) is 0 Å². The predicted molar refractivity (Wildman–Crippen MR) is 40.4 cm³/mol. The fourth-order valence-corrected chi connectivity index (χ4v) is 2.04. The molecule has 0 saturated heterocycles.